The molecule has 0 bridgehead atoms. The molecule has 1 aliphatic heterocycles. The molecule has 1 aliphatic rings. The second-order valence-electron chi connectivity index (χ2n) is 5.41. The van der Waals surface area contributed by atoms with Crippen LogP contribution in [0.2, 0.25) is 0 Å². The van der Waals surface area contributed by atoms with Crippen LogP contribution in [0.3, 0.4) is 0 Å². The van der Waals surface area contributed by atoms with Crippen LogP contribution in [0.15, 0.2) is 18.2 Å². The fourth-order valence-corrected chi connectivity index (χ4v) is 2.14. The van der Waals surface area contributed by atoms with Crippen molar-refractivity contribution in [3.8, 4) is 11.5 Å². The average Bonchev–Trinajstić information content (AvgIpc) is 2.43. The van der Waals surface area contributed by atoms with E-state index >= 15 is 0 Å². The lowest BCUT2D eigenvalue weighted by Crippen LogP contribution is -2.34. The Morgan fingerprint density at radius 2 is 1.95 bits per heavy atom. The largest absolute Gasteiger partial charge is 0.486 e. The van der Waals surface area contributed by atoms with Gasteiger partial charge in [0, 0.05) is 25.6 Å². The zero-order chi connectivity index (χ0) is 13.7. The molecule has 1 aromatic carbocycles. The van der Waals surface area contributed by atoms with E-state index in [1.807, 2.05) is 6.07 Å². The molecular weight excluding hydrogens is 242 g/mol. The third-order valence-electron chi connectivity index (χ3n) is 3.37. The number of ether oxygens (including phenoxy) is 3. The van der Waals surface area contributed by atoms with Gasteiger partial charge >= 0.3 is 0 Å². The summed E-state index contributed by atoms with van der Waals surface area (Å²) in [4.78, 5) is 0. The van der Waals surface area contributed by atoms with E-state index < -0.39 is 0 Å². The molecule has 0 atom stereocenters. The molecule has 0 aromatic heterocycles. The summed E-state index contributed by atoms with van der Waals surface area (Å²) >= 11 is 0. The van der Waals surface area contributed by atoms with Gasteiger partial charge in [-0.25, -0.2) is 0 Å². The van der Waals surface area contributed by atoms with Crippen molar-refractivity contribution in [2.45, 2.75) is 19.3 Å². The van der Waals surface area contributed by atoms with Gasteiger partial charge in [0.15, 0.2) is 11.5 Å². The molecule has 0 amide bonds. The average molecular weight is 265 g/mol. The first-order chi connectivity index (χ1) is 9.13. The van der Waals surface area contributed by atoms with E-state index in [1.54, 1.807) is 7.11 Å². The predicted molar refractivity (Wildman–Crippen MR) is 75.2 cm³/mol. The summed E-state index contributed by atoms with van der Waals surface area (Å²) in [6, 6.07) is 6.21. The molecule has 4 heteroatoms. The summed E-state index contributed by atoms with van der Waals surface area (Å²) in [5.74, 6) is 1.70. The second kappa shape index (κ2) is 6.26. The summed E-state index contributed by atoms with van der Waals surface area (Å²) < 4.78 is 16.2. The Bertz CT molecular complexity index is 418. The zero-order valence-corrected chi connectivity index (χ0v) is 12.0. The minimum absolute atomic E-state index is 0.0452. The number of rotatable bonds is 6. The molecule has 1 heterocycles. The molecule has 1 aromatic rings. The van der Waals surface area contributed by atoms with Crippen LogP contribution in [0.5, 0.6) is 11.5 Å². The molecule has 0 radical (unpaired) electrons. The first kappa shape index (κ1) is 14.2. The summed E-state index contributed by atoms with van der Waals surface area (Å²) in [5.41, 5.74) is 1.30. The van der Waals surface area contributed by atoms with Crippen LogP contribution in [0, 0.1) is 0 Å². The lowest BCUT2D eigenvalue weighted by molar-refractivity contribution is 0.171. The van der Waals surface area contributed by atoms with Gasteiger partial charge in [-0.2, -0.15) is 0 Å². The van der Waals surface area contributed by atoms with Crippen LogP contribution in [0.4, 0.5) is 0 Å². The van der Waals surface area contributed by atoms with Gasteiger partial charge in [-0.15, -0.1) is 0 Å². The van der Waals surface area contributed by atoms with Crippen LogP contribution in [0.1, 0.15) is 19.4 Å². The van der Waals surface area contributed by atoms with Crippen LogP contribution < -0.4 is 14.8 Å². The van der Waals surface area contributed by atoms with Gasteiger partial charge in [-0.1, -0.05) is 19.9 Å². The Labute approximate surface area is 115 Å². The molecule has 1 N–H and O–H groups in total. The molecule has 0 saturated heterocycles. The van der Waals surface area contributed by atoms with E-state index in [4.69, 9.17) is 14.2 Å². The zero-order valence-electron chi connectivity index (χ0n) is 12.0. The van der Waals surface area contributed by atoms with Gasteiger partial charge in [0.25, 0.3) is 0 Å². The lowest BCUT2D eigenvalue weighted by Gasteiger charge is -2.28. The molecule has 0 fully saturated rings. The molecular formula is C15H23NO3. The van der Waals surface area contributed by atoms with Crippen molar-refractivity contribution >= 4 is 0 Å². The SMILES string of the molecule is COCCNCC(C)(C)c1ccc2c(c1)OCCO2. The van der Waals surface area contributed by atoms with Crippen molar-refractivity contribution in [1.82, 2.24) is 5.32 Å². The van der Waals surface area contributed by atoms with Crippen molar-refractivity contribution < 1.29 is 14.2 Å². The van der Waals surface area contributed by atoms with Crippen molar-refractivity contribution in [2.24, 2.45) is 0 Å². The lowest BCUT2D eigenvalue weighted by atomic mass is 9.84. The summed E-state index contributed by atoms with van der Waals surface area (Å²) in [5, 5.41) is 3.41. The van der Waals surface area contributed by atoms with Gasteiger partial charge in [0.1, 0.15) is 13.2 Å². The van der Waals surface area contributed by atoms with Crippen LogP contribution >= 0.6 is 0 Å². The van der Waals surface area contributed by atoms with E-state index in [1.165, 1.54) is 5.56 Å². The summed E-state index contributed by atoms with van der Waals surface area (Å²) in [6.45, 7) is 8.20. The standard InChI is InChI=1S/C15H23NO3/c1-15(2,11-16-6-7-17-3)12-4-5-13-14(10-12)19-9-8-18-13/h4-5,10,16H,6-9,11H2,1-3H3. The van der Waals surface area contributed by atoms with Gasteiger partial charge in [-0.3, -0.25) is 0 Å². The van der Waals surface area contributed by atoms with Crippen molar-refractivity contribution in [3.05, 3.63) is 23.8 Å². The molecule has 0 saturated carbocycles. The Morgan fingerprint density at radius 3 is 2.68 bits per heavy atom. The van der Waals surface area contributed by atoms with Crippen LogP contribution in [-0.2, 0) is 10.2 Å². The molecule has 0 unspecified atom stereocenters. The molecule has 2 rings (SSSR count). The minimum Gasteiger partial charge on any atom is -0.486 e. The maximum atomic E-state index is 5.64. The highest BCUT2D eigenvalue weighted by Crippen LogP contribution is 2.34. The van der Waals surface area contributed by atoms with E-state index in [2.05, 4.69) is 31.3 Å². The third-order valence-corrected chi connectivity index (χ3v) is 3.37. The Hall–Kier alpha value is -1.26. The van der Waals surface area contributed by atoms with Crippen molar-refractivity contribution in [3.63, 3.8) is 0 Å². The number of benzene rings is 1. The summed E-state index contributed by atoms with van der Waals surface area (Å²) in [6.07, 6.45) is 0. The van der Waals surface area contributed by atoms with Crippen molar-refractivity contribution in [1.29, 1.82) is 0 Å². The van der Waals surface area contributed by atoms with Gasteiger partial charge in [0.2, 0.25) is 0 Å². The normalized spacial score (nSPS) is 14.5. The third kappa shape index (κ3) is 3.61. The Balaban J connectivity index is 2.03. The topological polar surface area (TPSA) is 39.7 Å². The highest BCUT2D eigenvalue weighted by atomic mass is 16.6. The molecule has 4 nitrogen and oxygen atoms in total. The minimum atomic E-state index is 0.0452. The van der Waals surface area contributed by atoms with E-state index in [0.29, 0.717) is 13.2 Å². The van der Waals surface area contributed by atoms with Crippen LogP contribution in [0.25, 0.3) is 0 Å². The molecule has 19 heavy (non-hydrogen) atoms. The van der Waals surface area contributed by atoms with Crippen LogP contribution in [-0.4, -0.2) is 40.0 Å². The number of hydrogen-bond donors (Lipinski definition) is 1. The Morgan fingerprint density at radius 1 is 1.21 bits per heavy atom. The number of methoxy groups -OCH3 is 1. The maximum Gasteiger partial charge on any atom is 0.161 e. The fourth-order valence-electron chi connectivity index (χ4n) is 2.14. The molecule has 0 spiro atoms. The van der Waals surface area contributed by atoms with E-state index in [-0.39, 0.29) is 5.41 Å². The predicted octanol–water partition coefficient (Wildman–Crippen LogP) is 1.97. The first-order valence-electron chi connectivity index (χ1n) is 6.73. The highest BCUT2D eigenvalue weighted by molar-refractivity contribution is 5.45. The van der Waals surface area contributed by atoms with Gasteiger partial charge < -0.3 is 19.5 Å². The smallest absolute Gasteiger partial charge is 0.161 e. The fraction of sp³-hybridized carbons (Fsp3) is 0.600. The summed E-state index contributed by atoms with van der Waals surface area (Å²) in [7, 11) is 1.72. The number of nitrogens with one attached hydrogen (secondary N) is 1. The first-order valence-corrected chi connectivity index (χ1v) is 6.73. The van der Waals surface area contributed by atoms with E-state index in [0.717, 1.165) is 31.2 Å². The van der Waals surface area contributed by atoms with E-state index in [9.17, 15) is 0 Å². The highest BCUT2D eigenvalue weighted by Gasteiger charge is 2.22. The monoisotopic (exact) mass is 265 g/mol. The molecule has 0 aliphatic carbocycles. The van der Waals surface area contributed by atoms with Gasteiger partial charge in [-0.05, 0) is 17.7 Å². The number of hydrogen-bond acceptors (Lipinski definition) is 4. The number of fused-ring (bicyclic) bond motifs is 1. The quantitative estimate of drug-likeness (QED) is 0.798. The Kier molecular flexibility index (Phi) is 4.66. The maximum absolute atomic E-state index is 5.64. The van der Waals surface area contributed by atoms with Gasteiger partial charge in [0.05, 0.1) is 6.61 Å². The van der Waals surface area contributed by atoms with Crippen molar-refractivity contribution in [2.75, 3.05) is 40.0 Å². The second-order valence-corrected chi connectivity index (χ2v) is 5.41. The molecule has 106 valence electrons.